The van der Waals surface area contributed by atoms with Crippen molar-refractivity contribution in [1.82, 2.24) is 4.90 Å². The molecular weight excluding hydrogens is 669 g/mol. The molecule has 2 aromatic rings. The van der Waals surface area contributed by atoms with Gasteiger partial charge < -0.3 is 9.84 Å². The second-order valence-corrected chi connectivity index (χ2v) is 12.9. The number of amides is 4. The Morgan fingerprint density at radius 3 is 2.04 bits per heavy atom. The highest BCUT2D eigenvalue weighted by Crippen LogP contribution is 2.65. The molecule has 1 N–H and O–H groups in total. The zero-order chi connectivity index (χ0) is 33.9. The first-order chi connectivity index (χ1) is 21.3. The second-order valence-electron chi connectivity index (χ2n) is 11.7. The molecule has 2 aromatic carbocycles. The van der Waals surface area contributed by atoms with Gasteiger partial charge in [0.2, 0.25) is 11.8 Å². The molecule has 2 heterocycles. The van der Waals surface area contributed by atoms with Crippen molar-refractivity contribution >= 4 is 52.5 Å². The Hall–Kier alpha value is -3.78. The van der Waals surface area contributed by atoms with Crippen molar-refractivity contribution in [2.24, 2.45) is 17.8 Å². The minimum Gasteiger partial charge on any atom is -0.504 e. The summed E-state index contributed by atoms with van der Waals surface area (Å²) in [5, 5.41) is 10.6. The molecule has 0 aromatic heterocycles. The van der Waals surface area contributed by atoms with Crippen LogP contribution < -0.4 is 9.64 Å². The molecule has 3 fully saturated rings. The van der Waals surface area contributed by atoms with E-state index in [9.17, 15) is 50.6 Å². The van der Waals surface area contributed by atoms with Gasteiger partial charge in [0.25, 0.3) is 11.8 Å². The average Bonchev–Trinajstić information content (AvgIpc) is 3.30. The van der Waals surface area contributed by atoms with Crippen LogP contribution in [0.4, 0.5) is 32.0 Å². The number of aromatic hydroxyl groups is 1. The van der Waals surface area contributed by atoms with Crippen LogP contribution in [0, 0.1) is 17.8 Å². The number of halogens is 8. The molecule has 0 spiro atoms. The minimum absolute atomic E-state index is 0.0621. The van der Waals surface area contributed by atoms with E-state index in [0.717, 1.165) is 4.90 Å². The summed E-state index contributed by atoms with van der Waals surface area (Å²) < 4.78 is 86.9. The Kier molecular flexibility index (Phi) is 7.07. The van der Waals surface area contributed by atoms with E-state index in [0.29, 0.717) is 22.6 Å². The zero-order valence-corrected chi connectivity index (χ0v) is 25.2. The summed E-state index contributed by atoms with van der Waals surface area (Å²) >= 11 is 14.0. The number of methoxy groups -OCH3 is 1. The number of fused-ring (bicyclic) bond motifs is 4. The molecular formula is C30H22Cl2F6N2O6. The number of alkyl halides is 8. The van der Waals surface area contributed by atoms with Gasteiger partial charge >= 0.3 is 12.4 Å². The number of allylic oxidation sites excluding steroid dienone is 2. The fraction of sp³-hybridized carbons (Fsp3) is 0.400. The normalized spacial score (nSPS) is 31.1. The smallest absolute Gasteiger partial charge is 0.416 e. The lowest BCUT2D eigenvalue weighted by atomic mass is 9.56. The quantitative estimate of drug-likeness (QED) is 0.194. The Morgan fingerprint density at radius 2 is 1.50 bits per heavy atom. The van der Waals surface area contributed by atoms with E-state index >= 15 is 0 Å². The van der Waals surface area contributed by atoms with Crippen LogP contribution in [0.3, 0.4) is 0 Å². The maximum atomic E-state index is 14.0. The maximum absolute atomic E-state index is 14.0. The first-order valence-corrected chi connectivity index (χ1v) is 14.5. The first kappa shape index (κ1) is 32.2. The van der Waals surface area contributed by atoms with Gasteiger partial charge in [-0.2, -0.15) is 26.3 Å². The summed E-state index contributed by atoms with van der Waals surface area (Å²) in [7, 11) is 2.46. The zero-order valence-electron chi connectivity index (χ0n) is 23.7. The van der Waals surface area contributed by atoms with Crippen LogP contribution in [0.5, 0.6) is 11.5 Å². The monoisotopic (exact) mass is 690 g/mol. The van der Waals surface area contributed by atoms with E-state index in [1.807, 2.05) is 0 Å². The Morgan fingerprint density at radius 1 is 0.891 bits per heavy atom. The number of phenols is 1. The van der Waals surface area contributed by atoms with Gasteiger partial charge in [-0.1, -0.05) is 17.7 Å². The van der Waals surface area contributed by atoms with E-state index in [2.05, 4.69) is 0 Å². The van der Waals surface area contributed by atoms with E-state index in [4.69, 9.17) is 27.9 Å². The number of hydrogen-bond acceptors (Lipinski definition) is 6. The molecule has 4 aliphatic rings. The van der Waals surface area contributed by atoms with Crippen molar-refractivity contribution in [2.75, 3.05) is 19.1 Å². The van der Waals surface area contributed by atoms with Gasteiger partial charge in [-0.15, -0.1) is 23.2 Å². The SMILES string of the molecule is COc1ccc([C@H]2C3=CC[C@@H]4C(=O)N(c5cc(C(F)(F)F)cc(C(F)(F)F)c5)C(=O)[C@@H]4[C@@H]3C[C@@]3(Cl)C(=O)N(C)C(=O)[C@@]23Cl)cc1O. The molecule has 2 aliphatic carbocycles. The highest BCUT2D eigenvalue weighted by Gasteiger charge is 2.76. The fourth-order valence-corrected chi connectivity index (χ4v) is 8.35. The molecule has 244 valence electrons. The van der Waals surface area contributed by atoms with Crippen LogP contribution >= 0.6 is 23.2 Å². The largest absolute Gasteiger partial charge is 0.504 e. The molecule has 0 bridgehead atoms. The van der Waals surface area contributed by atoms with Gasteiger partial charge in [-0.05, 0) is 54.7 Å². The predicted octanol–water partition coefficient (Wildman–Crippen LogP) is 5.63. The van der Waals surface area contributed by atoms with E-state index in [-0.39, 0.29) is 29.5 Å². The molecule has 6 atom stereocenters. The summed E-state index contributed by atoms with van der Waals surface area (Å²) in [6.45, 7) is 0. The first-order valence-electron chi connectivity index (χ1n) is 13.7. The van der Waals surface area contributed by atoms with Crippen LogP contribution in [0.2, 0.25) is 0 Å². The number of carbonyl (C=O) groups is 4. The van der Waals surface area contributed by atoms with Crippen LogP contribution in [-0.4, -0.2) is 57.5 Å². The highest BCUT2D eigenvalue weighted by atomic mass is 35.5. The summed E-state index contributed by atoms with van der Waals surface area (Å²) in [4.78, 5) is 51.4. The molecule has 2 saturated heterocycles. The molecule has 8 nitrogen and oxygen atoms in total. The van der Waals surface area contributed by atoms with Gasteiger partial charge in [0.1, 0.15) is 0 Å². The number of benzene rings is 2. The molecule has 0 unspecified atom stereocenters. The van der Waals surface area contributed by atoms with Crippen molar-refractivity contribution in [3.05, 3.63) is 64.7 Å². The number of ether oxygens (including phenoxy) is 1. The van der Waals surface area contributed by atoms with Crippen molar-refractivity contribution < 1.29 is 55.4 Å². The topological polar surface area (TPSA) is 104 Å². The summed E-state index contributed by atoms with van der Waals surface area (Å²) in [6.07, 6.45) is -9.60. The number of imide groups is 2. The molecule has 6 rings (SSSR count). The second kappa shape index (κ2) is 10.1. The fourth-order valence-electron chi connectivity index (χ4n) is 7.33. The van der Waals surface area contributed by atoms with Crippen LogP contribution in [0.15, 0.2) is 48.0 Å². The van der Waals surface area contributed by atoms with Crippen molar-refractivity contribution in [2.45, 2.75) is 40.9 Å². The number of likely N-dealkylation sites (tertiary alicyclic amines) is 1. The van der Waals surface area contributed by atoms with Crippen molar-refractivity contribution in [3.8, 4) is 11.5 Å². The van der Waals surface area contributed by atoms with E-state index in [1.165, 1.54) is 38.4 Å². The summed E-state index contributed by atoms with van der Waals surface area (Å²) in [5.41, 5.74) is -3.84. The number of hydrogen-bond donors (Lipinski definition) is 1. The maximum Gasteiger partial charge on any atom is 0.416 e. The lowest BCUT2D eigenvalue weighted by Gasteiger charge is -2.50. The lowest BCUT2D eigenvalue weighted by Crippen LogP contribution is -2.60. The minimum atomic E-state index is -5.24. The van der Waals surface area contributed by atoms with E-state index in [1.54, 1.807) is 0 Å². The number of nitrogens with zero attached hydrogens (tertiary/aromatic N) is 2. The van der Waals surface area contributed by atoms with Crippen LogP contribution in [-0.2, 0) is 31.5 Å². The van der Waals surface area contributed by atoms with Gasteiger partial charge in [0.15, 0.2) is 21.2 Å². The average molecular weight is 691 g/mol. The Bertz CT molecular complexity index is 1730. The standard InChI is InChI=1S/C30H22Cl2F6N2O6/c1-39-25(44)27(31)11-18-16(22(28(27,32)26(39)45)12-3-6-20(46-2)19(41)7-12)4-5-17-21(18)24(43)40(23(17)42)15-9-13(29(33,34)35)8-14(10-15)30(36,37)38/h3-4,6-10,17-18,21-22,41H,5,11H2,1-2H3/t17-,18+,21-,22-,27+,28-/m0/s1. The number of rotatable bonds is 3. The summed E-state index contributed by atoms with van der Waals surface area (Å²) in [5.74, 6) is -9.16. The van der Waals surface area contributed by atoms with Crippen LogP contribution in [0.1, 0.15) is 35.4 Å². The third-order valence-corrected chi connectivity index (χ3v) is 10.8. The number of phenolic OH excluding ortho intramolecular Hbond substituents is 1. The third kappa shape index (κ3) is 4.28. The molecule has 0 radical (unpaired) electrons. The van der Waals surface area contributed by atoms with Gasteiger partial charge in [0, 0.05) is 13.0 Å². The molecule has 16 heteroatoms. The van der Waals surface area contributed by atoms with Gasteiger partial charge in [0.05, 0.1) is 35.8 Å². The molecule has 46 heavy (non-hydrogen) atoms. The molecule has 1 saturated carbocycles. The lowest BCUT2D eigenvalue weighted by molar-refractivity contribution is -0.143. The third-order valence-electron chi connectivity index (χ3n) is 9.38. The molecule has 4 amide bonds. The highest BCUT2D eigenvalue weighted by molar-refractivity contribution is 6.53. The Labute approximate surface area is 266 Å². The van der Waals surface area contributed by atoms with Gasteiger partial charge in [-0.25, -0.2) is 4.90 Å². The van der Waals surface area contributed by atoms with Crippen molar-refractivity contribution in [1.29, 1.82) is 0 Å². The number of anilines is 1. The predicted molar refractivity (Wildman–Crippen MR) is 149 cm³/mol. The van der Waals surface area contributed by atoms with E-state index < -0.39 is 92.6 Å². The number of carbonyl (C=O) groups excluding carboxylic acids is 4. The van der Waals surface area contributed by atoms with Crippen LogP contribution in [0.25, 0.3) is 0 Å². The van der Waals surface area contributed by atoms with Gasteiger partial charge in [-0.3, -0.25) is 24.1 Å². The van der Waals surface area contributed by atoms with Crippen molar-refractivity contribution in [3.63, 3.8) is 0 Å². The summed E-state index contributed by atoms with van der Waals surface area (Å²) in [6, 6.07) is 4.55. The molecule has 2 aliphatic heterocycles. The Balaban J connectivity index is 1.50.